The van der Waals surface area contributed by atoms with Crippen LogP contribution in [0.15, 0.2) is 84.3 Å². The van der Waals surface area contributed by atoms with Crippen LogP contribution in [0.25, 0.3) is 6.08 Å². The summed E-state index contributed by atoms with van der Waals surface area (Å²) in [7, 11) is -2.24. The van der Waals surface area contributed by atoms with E-state index in [1.165, 1.54) is 12.1 Å². The van der Waals surface area contributed by atoms with E-state index in [1.54, 1.807) is 61.7 Å². The lowest BCUT2D eigenvalue weighted by Crippen LogP contribution is -2.17. The first kappa shape index (κ1) is 20.2. The number of nitrogens with one attached hydrogen (secondary N) is 2. The molecule has 0 aromatic heterocycles. The molecular weight excluding hydrogens is 388 g/mol. The Morgan fingerprint density at radius 3 is 2.24 bits per heavy atom. The normalized spacial score (nSPS) is 11.2. The summed E-state index contributed by atoms with van der Waals surface area (Å²) in [5, 5.41) is 3.82. The highest BCUT2D eigenvalue weighted by atomic mass is 32.2. The van der Waals surface area contributed by atoms with Gasteiger partial charge in [-0.05, 0) is 48.0 Å². The number of benzene rings is 3. The van der Waals surface area contributed by atoms with Gasteiger partial charge in [0.05, 0.1) is 23.8 Å². The molecule has 7 heteroatoms. The molecule has 0 heterocycles. The average Bonchev–Trinajstić information content (AvgIpc) is 2.74. The first-order chi connectivity index (χ1) is 14.0. The van der Waals surface area contributed by atoms with E-state index in [2.05, 4.69) is 10.0 Å². The summed E-state index contributed by atoms with van der Waals surface area (Å²) in [4.78, 5) is 12.7. The molecule has 0 fully saturated rings. The third-order valence-corrected chi connectivity index (χ3v) is 5.01. The van der Waals surface area contributed by atoms with Crippen LogP contribution in [0.5, 0.6) is 5.75 Å². The predicted octanol–water partition coefficient (Wildman–Crippen LogP) is 4.36. The van der Waals surface area contributed by atoms with Crippen LogP contribution in [0.4, 0.5) is 11.4 Å². The van der Waals surface area contributed by atoms with E-state index in [0.29, 0.717) is 11.4 Å². The van der Waals surface area contributed by atoms with E-state index in [0.717, 1.165) is 11.0 Å². The number of rotatable bonds is 7. The molecule has 3 rings (SSSR count). The molecule has 0 radical (unpaired) electrons. The predicted molar refractivity (Wildman–Crippen MR) is 115 cm³/mol. The number of carbonyl (C=O) groups excluding carboxylic acids is 1. The molecule has 0 bridgehead atoms. The maximum absolute atomic E-state index is 12.7. The number of hydrogen-bond donors (Lipinski definition) is 2. The molecule has 148 valence electrons. The lowest BCUT2D eigenvalue weighted by molar-refractivity contribution is 0.102. The molecule has 2 N–H and O–H groups in total. The molecule has 0 spiro atoms. The third-order valence-electron chi connectivity index (χ3n) is 4.01. The number of anilines is 2. The molecule has 29 heavy (non-hydrogen) atoms. The molecule has 0 aliphatic heterocycles. The Hall–Kier alpha value is -3.58. The van der Waals surface area contributed by atoms with Crippen molar-refractivity contribution < 1.29 is 17.9 Å². The van der Waals surface area contributed by atoms with Gasteiger partial charge in [-0.1, -0.05) is 42.5 Å². The van der Waals surface area contributed by atoms with Crippen molar-refractivity contribution >= 4 is 33.4 Å². The second-order valence-electron chi connectivity index (χ2n) is 6.09. The standard InChI is InChI=1S/C22H20N2O4S/c1-28-19-13-11-18(12-14-19)23-22(25)20-9-5-6-10-21(20)24-29(26,27)16-15-17-7-3-2-4-8-17/h2-16,24H,1H3,(H,23,25)/b16-15+. The van der Waals surface area contributed by atoms with Gasteiger partial charge < -0.3 is 10.1 Å². The number of methoxy groups -OCH3 is 1. The van der Waals surface area contributed by atoms with Gasteiger partial charge in [0.2, 0.25) is 0 Å². The Morgan fingerprint density at radius 1 is 0.897 bits per heavy atom. The fraction of sp³-hybridized carbons (Fsp3) is 0.0455. The molecule has 6 nitrogen and oxygen atoms in total. The average molecular weight is 408 g/mol. The molecule has 0 aliphatic rings. The van der Waals surface area contributed by atoms with Gasteiger partial charge >= 0.3 is 0 Å². The van der Waals surface area contributed by atoms with Gasteiger partial charge in [-0.3, -0.25) is 9.52 Å². The summed E-state index contributed by atoms with van der Waals surface area (Å²) >= 11 is 0. The van der Waals surface area contributed by atoms with E-state index in [4.69, 9.17) is 4.74 Å². The summed E-state index contributed by atoms with van der Waals surface area (Å²) in [6.45, 7) is 0. The van der Waals surface area contributed by atoms with Crippen LogP contribution >= 0.6 is 0 Å². The molecule has 1 amide bonds. The van der Waals surface area contributed by atoms with Crippen LogP contribution in [-0.4, -0.2) is 21.4 Å². The second kappa shape index (κ2) is 9.07. The first-order valence-corrected chi connectivity index (χ1v) is 10.3. The van der Waals surface area contributed by atoms with Crippen LogP contribution < -0.4 is 14.8 Å². The number of carbonyl (C=O) groups is 1. The van der Waals surface area contributed by atoms with Crippen molar-refractivity contribution in [3.05, 3.63) is 95.4 Å². The van der Waals surface area contributed by atoms with Gasteiger partial charge in [0, 0.05) is 5.69 Å². The van der Waals surface area contributed by atoms with Crippen LogP contribution in [0.3, 0.4) is 0 Å². The van der Waals surface area contributed by atoms with E-state index in [1.807, 2.05) is 18.2 Å². The fourth-order valence-electron chi connectivity index (χ4n) is 2.56. The zero-order valence-electron chi connectivity index (χ0n) is 15.7. The number of amides is 1. The highest BCUT2D eigenvalue weighted by Gasteiger charge is 2.15. The molecule has 3 aromatic rings. The lowest BCUT2D eigenvalue weighted by Gasteiger charge is -2.11. The summed E-state index contributed by atoms with van der Waals surface area (Å²) in [6, 6.07) is 22.3. The van der Waals surface area contributed by atoms with Gasteiger partial charge in [0.15, 0.2) is 0 Å². The maximum Gasteiger partial charge on any atom is 0.257 e. The Balaban J connectivity index is 1.77. The summed E-state index contributed by atoms with van der Waals surface area (Å²) in [6.07, 6.45) is 1.49. The number of sulfonamides is 1. The van der Waals surface area contributed by atoms with E-state index >= 15 is 0 Å². The van der Waals surface area contributed by atoms with Crippen molar-refractivity contribution in [2.75, 3.05) is 17.1 Å². The van der Waals surface area contributed by atoms with Gasteiger partial charge in [0.25, 0.3) is 15.9 Å². The Labute approximate surface area is 169 Å². The molecule has 3 aromatic carbocycles. The van der Waals surface area contributed by atoms with Crippen molar-refractivity contribution in [1.82, 2.24) is 0 Å². The highest BCUT2D eigenvalue weighted by molar-refractivity contribution is 7.95. The van der Waals surface area contributed by atoms with Crippen molar-refractivity contribution in [2.24, 2.45) is 0 Å². The van der Waals surface area contributed by atoms with Crippen LogP contribution in [0.1, 0.15) is 15.9 Å². The minimum Gasteiger partial charge on any atom is -0.497 e. The van der Waals surface area contributed by atoms with Crippen LogP contribution in [-0.2, 0) is 10.0 Å². The van der Waals surface area contributed by atoms with Gasteiger partial charge in [-0.25, -0.2) is 8.42 Å². The lowest BCUT2D eigenvalue weighted by atomic mass is 10.1. The number of ether oxygens (including phenoxy) is 1. The maximum atomic E-state index is 12.7. The van der Waals surface area contributed by atoms with Gasteiger partial charge in [-0.15, -0.1) is 0 Å². The van der Waals surface area contributed by atoms with Crippen LogP contribution in [0, 0.1) is 0 Å². The minimum absolute atomic E-state index is 0.191. The smallest absolute Gasteiger partial charge is 0.257 e. The molecule has 0 unspecified atom stereocenters. The number of para-hydroxylation sites is 1. The Kier molecular flexibility index (Phi) is 6.31. The summed E-state index contributed by atoms with van der Waals surface area (Å²) < 4.78 is 32.4. The Bertz CT molecular complexity index is 1110. The van der Waals surface area contributed by atoms with E-state index in [9.17, 15) is 13.2 Å². The highest BCUT2D eigenvalue weighted by Crippen LogP contribution is 2.21. The molecule has 0 atom stereocenters. The van der Waals surface area contributed by atoms with E-state index < -0.39 is 15.9 Å². The monoisotopic (exact) mass is 408 g/mol. The summed E-state index contributed by atoms with van der Waals surface area (Å²) in [5.41, 5.74) is 1.72. The van der Waals surface area contributed by atoms with Crippen molar-refractivity contribution in [1.29, 1.82) is 0 Å². The largest absolute Gasteiger partial charge is 0.497 e. The van der Waals surface area contributed by atoms with Crippen molar-refractivity contribution in [3.63, 3.8) is 0 Å². The van der Waals surface area contributed by atoms with Crippen LogP contribution in [0.2, 0.25) is 0 Å². The minimum atomic E-state index is -3.80. The topological polar surface area (TPSA) is 84.5 Å². The quantitative estimate of drug-likeness (QED) is 0.608. The molecular formula is C22H20N2O4S. The third kappa shape index (κ3) is 5.70. The first-order valence-electron chi connectivity index (χ1n) is 8.77. The van der Waals surface area contributed by atoms with Crippen molar-refractivity contribution in [3.8, 4) is 5.75 Å². The Morgan fingerprint density at radius 2 is 1.55 bits per heavy atom. The number of hydrogen-bond acceptors (Lipinski definition) is 4. The zero-order valence-corrected chi connectivity index (χ0v) is 16.5. The fourth-order valence-corrected chi connectivity index (χ4v) is 3.45. The summed E-state index contributed by atoms with van der Waals surface area (Å²) in [5.74, 6) is 0.238. The van der Waals surface area contributed by atoms with Crippen molar-refractivity contribution in [2.45, 2.75) is 0 Å². The van der Waals surface area contributed by atoms with E-state index in [-0.39, 0.29) is 11.3 Å². The SMILES string of the molecule is COc1ccc(NC(=O)c2ccccc2NS(=O)(=O)/C=C/c2ccccc2)cc1. The molecule has 0 aliphatic carbocycles. The molecule has 0 saturated carbocycles. The van der Waals surface area contributed by atoms with Gasteiger partial charge in [-0.2, -0.15) is 0 Å². The van der Waals surface area contributed by atoms with Gasteiger partial charge in [0.1, 0.15) is 5.75 Å². The zero-order chi connectivity index (χ0) is 20.7. The second-order valence-corrected chi connectivity index (χ2v) is 7.66. The molecule has 0 saturated heterocycles.